The molecule has 0 atom stereocenters. The molecule has 16 heavy (non-hydrogen) atoms. The van der Waals surface area contributed by atoms with Crippen LogP contribution in [0.3, 0.4) is 0 Å². The minimum Gasteiger partial charge on any atom is -0.397 e. The quantitative estimate of drug-likeness (QED) is 0.662. The van der Waals surface area contributed by atoms with Gasteiger partial charge in [-0.1, -0.05) is 6.92 Å². The molecule has 5 heteroatoms. The number of halogens is 1. The second-order valence-electron chi connectivity index (χ2n) is 3.44. The maximum Gasteiger partial charge on any atom is 0.239 e. The highest BCUT2D eigenvalue weighted by Crippen LogP contribution is 2.18. The number of rotatable bonds is 5. The van der Waals surface area contributed by atoms with Gasteiger partial charge < -0.3 is 16.4 Å². The van der Waals surface area contributed by atoms with Crippen LogP contribution in [0, 0.1) is 5.82 Å². The van der Waals surface area contributed by atoms with Crippen LogP contribution in [-0.2, 0) is 4.79 Å². The van der Waals surface area contributed by atoms with Crippen molar-refractivity contribution in [3.05, 3.63) is 24.0 Å². The highest BCUT2D eigenvalue weighted by Gasteiger charge is 2.03. The first-order valence-electron chi connectivity index (χ1n) is 5.19. The monoisotopic (exact) mass is 225 g/mol. The number of nitrogens with one attached hydrogen (secondary N) is 2. The van der Waals surface area contributed by atoms with E-state index in [0.29, 0.717) is 17.9 Å². The van der Waals surface area contributed by atoms with E-state index in [1.165, 1.54) is 18.2 Å². The SMILES string of the molecule is CCCNC(=O)CNc1cc(F)ccc1N. The number of carbonyl (C=O) groups is 1. The molecular formula is C11H16FN3O. The third-order valence-electron chi connectivity index (χ3n) is 2.03. The lowest BCUT2D eigenvalue weighted by molar-refractivity contribution is -0.119. The number of hydrogen-bond donors (Lipinski definition) is 3. The van der Waals surface area contributed by atoms with Gasteiger partial charge in [0, 0.05) is 6.54 Å². The molecule has 0 spiro atoms. The first-order valence-corrected chi connectivity index (χ1v) is 5.19. The van der Waals surface area contributed by atoms with Crippen LogP contribution in [0.2, 0.25) is 0 Å². The van der Waals surface area contributed by atoms with Gasteiger partial charge in [0.15, 0.2) is 0 Å². The van der Waals surface area contributed by atoms with Crippen LogP contribution < -0.4 is 16.4 Å². The topological polar surface area (TPSA) is 67.2 Å². The summed E-state index contributed by atoms with van der Waals surface area (Å²) in [6.07, 6.45) is 0.883. The van der Waals surface area contributed by atoms with E-state index in [2.05, 4.69) is 10.6 Å². The smallest absolute Gasteiger partial charge is 0.239 e. The molecule has 0 unspecified atom stereocenters. The van der Waals surface area contributed by atoms with E-state index in [1.54, 1.807) is 0 Å². The predicted molar refractivity (Wildman–Crippen MR) is 62.6 cm³/mol. The van der Waals surface area contributed by atoms with Crippen LogP contribution in [0.4, 0.5) is 15.8 Å². The second kappa shape index (κ2) is 5.95. The van der Waals surface area contributed by atoms with Crippen LogP contribution in [0.25, 0.3) is 0 Å². The standard InChI is InChI=1S/C11H16FN3O/c1-2-5-14-11(16)7-15-10-6-8(12)3-4-9(10)13/h3-4,6,15H,2,5,7,13H2,1H3,(H,14,16). The Bertz CT molecular complexity index is 368. The van der Waals surface area contributed by atoms with Crippen molar-refractivity contribution in [2.75, 3.05) is 24.1 Å². The Hall–Kier alpha value is -1.78. The van der Waals surface area contributed by atoms with Gasteiger partial charge in [0.05, 0.1) is 17.9 Å². The van der Waals surface area contributed by atoms with E-state index in [-0.39, 0.29) is 18.3 Å². The van der Waals surface area contributed by atoms with Crippen LogP contribution in [0.15, 0.2) is 18.2 Å². The average molecular weight is 225 g/mol. The van der Waals surface area contributed by atoms with Crippen molar-refractivity contribution in [1.82, 2.24) is 5.32 Å². The molecule has 1 amide bonds. The lowest BCUT2D eigenvalue weighted by Gasteiger charge is -2.09. The average Bonchev–Trinajstić information content (AvgIpc) is 2.27. The molecule has 1 rings (SSSR count). The molecule has 4 N–H and O–H groups in total. The Morgan fingerprint density at radius 3 is 2.94 bits per heavy atom. The molecule has 0 fully saturated rings. The number of amides is 1. The zero-order valence-corrected chi connectivity index (χ0v) is 9.22. The fraction of sp³-hybridized carbons (Fsp3) is 0.364. The van der Waals surface area contributed by atoms with Gasteiger partial charge in [0.2, 0.25) is 5.91 Å². The Morgan fingerprint density at radius 1 is 1.50 bits per heavy atom. The second-order valence-corrected chi connectivity index (χ2v) is 3.44. The van der Waals surface area contributed by atoms with E-state index in [1.807, 2.05) is 6.92 Å². The summed E-state index contributed by atoms with van der Waals surface area (Å²) in [6, 6.07) is 4.00. The van der Waals surface area contributed by atoms with Crippen LogP contribution in [0.5, 0.6) is 0 Å². The van der Waals surface area contributed by atoms with Crippen LogP contribution in [-0.4, -0.2) is 19.0 Å². The van der Waals surface area contributed by atoms with Crippen molar-refractivity contribution in [3.8, 4) is 0 Å². The van der Waals surface area contributed by atoms with Gasteiger partial charge in [-0.25, -0.2) is 4.39 Å². The minimum absolute atomic E-state index is 0.0909. The molecule has 0 radical (unpaired) electrons. The third kappa shape index (κ3) is 3.76. The van der Waals surface area contributed by atoms with Crippen molar-refractivity contribution in [3.63, 3.8) is 0 Å². The Morgan fingerprint density at radius 2 is 2.25 bits per heavy atom. The third-order valence-corrected chi connectivity index (χ3v) is 2.03. The summed E-state index contributed by atoms with van der Waals surface area (Å²) in [6.45, 7) is 2.70. The Kier molecular flexibility index (Phi) is 4.57. The predicted octanol–water partition coefficient (Wildman–Crippen LogP) is 1.35. The van der Waals surface area contributed by atoms with E-state index in [4.69, 9.17) is 5.73 Å². The van der Waals surface area contributed by atoms with Gasteiger partial charge in [-0.3, -0.25) is 4.79 Å². The minimum atomic E-state index is -0.384. The number of hydrogen-bond acceptors (Lipinski definition) is 3. The molecule has 0 saturated carbocycles. The lowest BCUT2D eigenvalue weighted by Crippen LogP contribution is -2.30. The number of nitrogen functional groups attached to an aromatic ring is 1. The van der Waals surface area contributed by atoms with E-state index in [0.717, 1.165) is 6.42 Å². The van der Waals surface area contributed by atoms with Crippen molar-refractivity contribution in [2.45, 2.75) is 13.3 Å². The first kappa shape index (κ1) is 12.3. The number of anilines is 2. The zero-order chi connectivity index (χ0) is 12.0. The fourth-order valence-corrected chi connectivity index (χ4v) is 1.18. The summed E-state index contributed by atoms with van der Waals surface area (Å²) in [5.74, 6) is -0.517. The fourth-order valence-electron chi connectivity index (χ4n) is 1.18. The summed E-state index contributed by atoms with van der Waals surface area (Å²) < 4.78 is 12.9. The summed E-state index contributed by atoms with van der Waals surface area (Å²) in [4.78, 5) is 11.3. The number of benzene rings is 1. The van der Waals surface area contributed by atoms with Crippen LogP contribution in [0.1, 0.15) is 13.3 Å². The van der Waals surface area contributed by atoms with Crippen molar-refractivity contribution < 1.29 is 9.18 Å². The highest BCUT2D eigenvalue weighted by molar-refractivity contribution is 5.82. The number of carbonyl (C=O) groups excluding carboxylic acids is 1. The van der Waals surface area contributed by atoms with E-state index >= 15 is 0 Å². The largest absolute Gasteiger partial charge is 0.397 e. The first-order chi connectivity index (χ1) is 7.63. The van der Waals surface area contributed by atoms with E-state index in [9.17, 15) is 9.18 Å². The maximum atomic E-state index is 12.9. The molecule has 88 valence electrons. The van der Waals surface area contributed by atoms with Gasteiger partial charge in [0.25, 0.3) is 0 Å². The molecule has 0 saturated heterocycles. The van der Waals surface area contributed by atoms with Gasteiger partial charge in [-0.15, -0.1) is 0 Å². The molecule has 0 aliphatic carbocycles. The van der Waals surface area contributed by atoms with Crippen molar-refractivity contribution >= 4 is 17.3 Å². The molecule has 0 aliphatic rings. The van der Waals surface area contributed by atoms with E-state index < -0.39 is 0 Å². The molecule has 0 heterocycles. The summed E-state index contributed by atoms with van der Waals surface area (Å²) >= 11 is 0. The molecular weight excluding hydrogens is 209 g/mol. The normalized spacial score (nSPS) is 9.88. The zero-order valence-electron chi connectivity index (χ0n) is 9.22. The maximum absolute atomic E-state index is 12.9. The van der Waals surface area contributed by atoms with Crippen molar-refractivity contribution in [2.24, 2.45) is 0 Å². The van der Waals surface area contributed by atoms with Gasteiger partial charge in [-0.05, 0) is 24.6 Å². The van der Waals surface area contributed by atoms with Gasteiger partial charge in [0.1, 0.15) is 5.82 Å². The molecule has 1 aromatic rings. The summed E-state index contributed by atoms with van der Waals surface area (Å²) in [7, 11) is 0. The molecule has 1 aromatic carbocycles. The number of nitrogens with two attached hydrogens (primary N) is 1. The van der Waals surface area contributed by atoms with Gasteiger partial charge in [-0.2, -0.15) is 0 Å². The summed E-state index contributed by atoms with van der Waals surface area (Å²) in [5, 5.41) is 5.49. The molecule has 4 nitrogen and oxygen atoms in total. The van der Waals surface area contributed by atoms with Crippen LogP contribution >= 0.6 is 0 Å². The Labute approximate surface area is 94.0 Å². The Balaban J connectivity index is 2.47. The van der Waals surface area contributed by atoms with Crippen molar-refractivity contribution in [1.29, 1.82) is 0 Å². The molecule has 0 aromatic heterocycles. The summed E-state index contributed by atoms with van der Waals surface area (Å²) in [5.41, 5.74) is 6.47. The highest BCUT2D eigenvalue weighted by atomic mass is 19.1. The molecule has 0 aliphatic heterocycles. The molecule has 0 bridgehead atoms. The lowest BCUT2D eigenvalue weighted by atomic mass is 10.2. The van der Waals surface area contributed by atoms with Gasteiger partial charge >= 0.3 is 0 Å².